The Morgan fingerprint density at radius 3 is 2.41 bits per heavy atom. The van der Waals surface area contributed by atoms with Gasteiger partial charge in [-0.15, -0.1) is 0 Å². The van der Waals surface area contributed by atoms with Crippen LogP contribution >= 0.6 is 0 Å². The zero-order chi connectivity index (χ0) is 21.1. The fourth-order valence-corrected chi connectivity index (χ4v) is 5.59. The number of aromatic nitrogens is 1. The van der Waals surface area contributed by atoms with Gasteiger partial charge in [-0.25, -0.2) is 12.4 Å². The Labute approximate surface area is 173 Å². The van der Waals surface area contributed by atoms with Crippen LogP contribution in [0.1, 0.15) is 37.8 Å². The summed E-state index contributed by atoms with van der Waals surface area (Å²) in [5.41, 5.74) is 4.56. The van der Waals surface area contributed by atoms with Crippen molar-refractivity contribution >= 4 is 20.9 Å². The first kappa shape index (κ1) is 20.0. The zero-order valence-electron chi connectivity index (χ0n) is 17.9. The molecule has 0 fully saturated rings. The van der Waals surface area contributed by atoms with Crippen molar-refractivity contribution in [1.29, 1.82) is 0 Å². The molecule has 0 saturated heterocycles. The highest BCUT2D eigenvalue weighted by Crippen LogP contribution is 2.44. The molecule has 2 heterocycles. The van der Waals surface area contributed by atoms with Crippen molar-refractivity contribution in [2.24, 2.45) is 0 Å². The molecule has 1 aliphatic heterocycles. The summed E-state index contributed by atoms with van der Waals surface area (Å²) in [5.74, 6) is 1.05. The van der Waals surface area contributed by atoms with Crippen LogP contribution in [-0.4, -0.2) is 44.5 Å². The molecule has 0 aliphatic carbocycles. The molecule has 3 aromatic rings. The van der Waals surface area contributed by atoms with Crippen LogP contribution in [0.4, 0.5) is 0 Å². The monoisotopic (exact) mass is 412 g/mol. The maximum absolute atomic E-state index is 13.5. The highest BCUT2D eigenvalue weighted by atomic mass is 32.2. The van der Waals surface area contributed by atoms with E-state index in [4.69, 9.17) is 4.74 Å². The lowest BCUT2D eigenvalue weighted by Gasteiger charge is -2.22. The van der Waals surface area contributed by atoms with E-state index in [1.54, 1.807) is 19.4 Å². The van der Waals surface area contributed by atoms with Gasteiger partial charge in [0.2, 0.25) is 0 Å². The minimum atomic E-state index is -3.64. The molecule has 1 unspecified atom stereocenters. The largest absolute Gasteiger partial charge is 0.497 e. The van der Waals surface area contributed by atoms with E-state index >= 15 is 0 Å². The lowest BCUT2D eigenvalue weighted by Crippen LogP contribution is -2.26. The van der Waals surface area contributed by atoms with Crippen LogP contribution in [0.3, 0.4) is 0 Å². The van der Waals surface area contributed by atoms with Gasteiger partial charge in [0.15, 0.2) is 0 Å². The SMILES string of the molecule is COc1cc2c3c(c1)c(CC(C)N(C)C)cn3S(=O)(=O)c1ccc(C(C)C)cc1-2. The van der Waals surface area contributed by atoms with Gasteiger partial charge >= 0.3 is 0 Å². The number of likely N-dealkylation sites (N-methyl/N-ethyl adjacent to an activating group) is 1. The molecule has 0 spiro atoms. The van der Waals surface area contributed by atoms with Gasteiger partial charge < -0.3 is 9.64 Å². The van der Waals surface area contributed by atoms with E-state index in [1.165, 1.54) is 3.97 Å². The van der Waals surface area contributed by atoms with E-state index < -0.39 is 10.0 Å². The average Bonchev–Trinajstić information content (AvgIpc) is 3.05. The molecule has 0 amide bonds. The predicted octanol–water partition coefficient (Wildman–Crippen LogP) is 4.48. The third kappa shape index (κ3) is 3.06. The number of rotatable bonds is 5. The Bertz CT molecular complexity index is 1210. The molecule has 4 rings (SSSR count). The van der Waals surface area contributed by atoms with Crippen LogP contribution in [0, 0.1) is 0 Å². The fraction of sp³-hybridized carbons (Fsp3) is 0.391. The molecule has 6 heteroatoms. The number of hydrogen-bond acceptors (Lipinski definition) is 4. The molecule has 154 valence electrons. The van der Waals surface area contributed by atoms with Crippen LogP contribution < -0.4 is 4.74 Å². The Hall–Kier alpha value is -2.31. The quantitative estimate of drug-likeness (QED) is 0.485. The summed E-state index contributed by atoms with van der Waals surface area (Å²) < 4.78 is 34.0. The van der Waals surface area contributed by atoms with Crippen molar-refractivity contribution in [3.05, 3.63) is 47.7 Å². The third-order valence-electron chi connectivity index (χ3n) is 6.05. The Morgan fingerprint density at radius 2 is 1.79 bits per heavy atom. The smallest absolute Gasteiger partial charge is 0.268 e. The molecule has 29 heavy (non-hydrogen) atoms. The number of methoxy groups -OCH3 is 1. The van der Waals surface area contributed by atoms with Gasteiger partial charge in [-0.1, -0.05) is 19.9 Å². The minimum Gasteiger partial charge on any atom is -0.497 e. The van der Waals surface area contributed by atoms with E-state index in [-0.39, 0.29) is 6.04 Å². The van der Waals surface area contributed by atoms with E-state index in [0.29, 0.717) is 10.8 Å². The lowest BCUT2D eigenvalue weighted by molar-refractivity contribution is 0.313. The molecule has 0 radical (unpaired) electrons. The van der Waals surface area contributed by atoms with Crippen molar-refractivity contribution in [2.75, 3.05) is 21.2 Å². The van der Waals surface area contributed by atoms with Crippen molar-refractivity contribution in [3.8, 4) is 16.9 Å². The minimum absolute atomic E-state index is 0.280. The molecule has 1 atom stereocenters. The first-order valence-corrected chi connectivity index (χ1v) is 11.4. The van der Waals surface area contributed by atoms with Gasteiger partial charge in [0.25, 0.3) is 10.0 Å². The summed E-state index contributed by atoms with van der Waals surface area (Å²) in [6.45, 7) is 6.37. The van der Waals surface area contributed by atoms with Crippen molar-refractivity contribution in [3.63, 3.8) is 0 Å². The molecule has 0 N–H and O–H groups in total. The van der Waals surface area contributed by atoms with E-state index in [2.05, 4.69) is 25.7 Å². The topological polar surface area (TPSA) is 51.5 Å². The average molecular weight is 413 g/mol. The molecule has 1 aliphatic rings. The van der Waals surface area contributed by atoms with Gasteiger partial charge in [0.05, 0.1) is 17.5 Å². The Morgan fingerprint density at radius 1 is 1.07 bits per heavy atom. The van der Waals surface area contributed by atoms with Crippen LogP contribution in [0.15, 0.2) is 41.4 Å². The van der Waals surface area contributed by atoms with Crippen LogP contribution in [0.2, 0.25) is 0 Å². The maximum atomic E-state index is 13.5. The molecule has 0 saturated carbocycles. The van der Waals surface area contributed by atoms with Crippen molar-refractivity contribution in [2.45, 2.75) is 44.0 Å². The lowest BCUT2D eigenvalue weighted by atomic mass is 9.95. The van der Waals surface area contributed by atoms with Crippen molar-refractivity contribution < 1.29 is 13.2 Å². The molecular formula is C23H28N2O3S. The van der Waals surface area contributed by atoms with Crippen molar-refractivity contribution in [1.82, 2.24) is 8.87 Å². The number of nitrogens with zero attached hydrogens (tertiary/aromatic N) is 2. The standard InChI is InChI=1S/C23H28N2O3S/c1-14(2)16-7-8-22-20(10-16)21-12-18(28-6)11-19-17(9-15(3)24(4)5)13-25(23(19)21)29(22,26)27/h7-8,10-15H,9H2,1-6H3. The maximum Gasteiger partial charge on any atom is 0.268 e. The van der Waals surface area contributed by atoms with E-state index in [1.807, 2.05) is 38.4 Å². The van der Waals surface area contributed by atoms with Gasteiger partial charge in [0, 0.05) is 28.8 Å². The first-order chi connectivity index (χ1) is 13.6. The summed E-state index contributed by atoms with van der Waals surface area (Å²) in [7, 11) is 2.08. The normalized spacial score (nSPS) is 15.7. The molecular weight excluding hydrogens is 384 g/mol. The zero-order valence-corrected chi connectivity index (χ0v) is 18.7. The van der Waals surface area contributed by atoms with E-state index in [9.17, 15) is 8.42 Å². The second-order valence-corrected chi connectivity index (χ2v) is 10.2. The highest BCUT2D eigenvalue weighted by Gasteiger charge is 2.32. The van der Waals surface area contributed by atoms with Gasteiger partial charge in [-0.05, 0) is 68.8 Å². The summed E-state index contributed by atoms with van der Waals surface area (Å²) >= 11 is 0. The third-order valence-corrected chi connectivity index (χ3v) is 7.77. The van der Waals surface area contributed by atoms with Gasteiger partial charge in [-0.3, -0.25) is 0 Å². The van der Waals surface area contributed by atoms with E-state index in [0.717, 1.165) is 45.3 Å². The summed E-state index contributed by atoms with van der Waals surface area (Å²) in [4.78, 5) is 2.49. The summed E-state index contributed by atoms with van der Waals surface area (Å²) in [6.07, 6.45) is 2.55. The molecule has 2 aromatic carbocycles. The number of hydrogen-bond donors (Lipinski definition) is 0. The second kappa shape index (κ2) is 6.89. The number of fused-ring (bicyclic) bond motifs is 2. The molecule has 5 nitrogen and oxygen atoms in total. The van der Waals surface area contributed by atoms with Gasteiger partial charge in [0.1, 0.15) is 5.75 Å². The Kier molecular flexibility index (Phi) is 4.74. The molecule has 0 bridgehead atoms. The summed E-state index contributed by atoms with van der Waals surface area (Å²) in [5, 5.41) is 0.942. The highest BCUT2D eigenvalue weighted by molar-refractivity contribution is 7.90. The van der Waals surface area contributed by atoms with Gasteiger partial charge in [-0.2, -0.15) is 0 Å². The number of benzene rings is 2. The molecule has 1 aromatic heterocycles. The van der Waals surface area contributed by atoms with Crippen LogP contribution in [0.5, 0.6) is 5.75 Å². The number of ether oxygens (including phenoxy) is 1. The predicted molar refractivity (Wildman–Crippen MR) is 117 cm³/mol. The fourth-order valence-electron chi connectivity index (χ4n) is 3.99. The second-order valence-electron chi connectivity index (χ2n) is 8.45. The van der Waals surface area contributed by atoms with Crippen LogP contribution in [0.25, 0.3) is 22.0 Å². The summed E-state index contributed by atoms with van der Waals surface area (Å²) in [6, 6.07) is 9.88. The van der Waals surface area contributed by atoms with Crippen LogP contribution in [-0.2, 0) is 16.4 Å². The Balaban J connectivity index is 2.07. The first-order valence-electron chi connectivity index (χ1n) is 9.93.